The largest absolute Gasteiger partial charge is 0.268 e. The minimum absolute atomic E-state index is 0.159. The van der Waals surface area contributed by atoms with E-state index in [1.807, 2.05) is 30.5 Å². The van der Waals surface area contributed by atoms with Crippen LogP contribution in [0.25, 0.3) is 16.6 Å². The Morgan fingerprint density at radius 2 is 1.88 bits per heavy atom. The molecule has 130 valence electrons. The number of rotatable bonds is 4. The zero-order chi connectivity index (χ0) is 18.1. The molecule has 26 heavy (non-hydrogen) atoms. The summed E-state index contributed by atoms with van der Waals surface area (Å²) in [5.74, 6) is 0.757. The van der Waals surface area contributed by atoms with E-state index in [0.29, 0.717) is 28.2 Å². The Morgan fingerprint density at radius 3 is 2.62 bits per heavy atom. The first-order valence-corrected chi connectivity index (χ1v) is 9.80. The van der Waals surface area contributed by atoms with Crippen LogP contribution in [0, 0.1) is 12.7 Å². The Bertz CT molecular complexity index is 1140. The average Bonchev–Trinajstić information content (AvgIpc) is 3.07. The number of thiazole rings is 1. The number of para-hydroxylation sites is 1. The van der Waals surface area contributed by atoms with Gasteiger partial charge in [0.15, 0.2) is 4.34 Å². The molecule has 4 nitrogen and oxygen atoms in total. The number of aryl methyl sites for hydroxylation is 1. The second-order valence-electron chi connectivity index (χ2n) is 5.71. The second-order valence-corrected chi connectivity index (χ2v) is 7.79. The van der Waals surface area contributed by atoms with Crippen LogP contribution >= 0.6 is 23.1 Å². The van der Waals surface area contributed by atoms with Crippen molar-refractivity contribution in [2.45, 2.75) is 17.0 Å². The maximum atomic E-state index is 13.3. The number of halogens is 1. The summed E-state index contributed by atoms with van der Waals surface area (Å²) in [6, 6.07) is 13.1. The number of hydrogen-bond donors (Lipinski definition) is 0. The van der Waals surface area contributed by atoms with Crippen molar-refractivity contribution in [2.24, 2.45) is 0 Å². The molecule has 0 atom stereocenters. The average molecular weight is 383 g/mol. The van der Waals surface area contributed by atoms with E-state index in [-0.39, 0.29) is 11.4 Å². The van der Waals surface area contributed by atoms with Gasteiger partial charge in [0.05, 0.1) is 22.3 Å². The number of nitrogens with zero attached hydrogens (tertiary/aromatic N) is 3. The van der Waals surface area contributed by atoms with E-state index in [2.05, 4.69) is 9.97 Å². The molecule has 7 heteroatoms. The van der Waals surface area contributed by atoms with Gasteiger partial charge in [0.25, 0.3) is 5.56 Å². The van der Waals surface area contributed by atoms with E-state index >= 15 is 0 Å². The third-order valence-corrected chi connectivity index (χ3v) is 5.99. The van der Waals surface area contributed by atoms with Gasteiger partial charge in [-0.3, -0.25) is 9.36 Å². The van der Waals surface area contributed by atoms with E-state index in [0.717, 1.165) is 10.0 Å². The third kappa shape index (κ3) is 3.27. The summed E-state index contributed by atoms with van der Waals surface area (Å²) >= 11 is 3.10. The summed E-state index contributed by atoms with van der Waals surface area (Å²) in [5, 5.41) is 2.53. The zero-order valence-electron chi connectivity index (χ0n) is 13.8. The van der Waals surface area contributed by atoms with Gasteiger partial charge in [-0.2, -0.15) is 0 Å². The highest BCUT2D eigenvalue weighted by atomic mass is 32.2. The van der Waals surface area contributed by atoms with E-state index in [4.69, 9.17) is 0 Å². The Balaban J connectivity index is 1.84. The third-order valence-electron chi connectivity index (χ3n) is 3.85. The van der Waals surface area contributed by atoms with Crippen LogP contribution in [0.3, 0.4) is 0 Å². The lowest BCUT2D eigenvalue weighted by molar-refractivity contribution is 0.627. The molecule has 0 saturated heterocycles. The molecular formula is C19H14FN3OS2. The van der Waals surface area contributed by atoms with Crippen molar-refractivity contribution in [2.75, 3.05) is 0 Å². The Hall–Kier alpha value is -2.51. The van der Waals surface area contributed by atoms with Gasteiger partial charge in [0, 0.05) is 11.1 Å². The number of thioether (sulfide) groups is 1. The molecule has 0 aliphatic rings. The van der Waals surface area contributed by atoms with Crippen molar-refractivity contribution >= 4 is 34.0 Å². The summed E-state index contributed by atoms with van der Waals surface area (Å²) in [4.78, 5) is 22.2. The molecule has 4 rings (SSSR count). The molecule has 0 saturated carbocycles. The summed E-state index contributed by atoms with van der Waals surface area (Å²) in [5.41, 5.74) is 2.07. The molecule has 0 fully saturated rings. The number of fused-ring (bicyclic) bond motifs is 1. The van der Waals surface area contributed by atoms with Gasteiger partial charge < -0.3 is 0 Å². The van der Waals surface area contributed by atoms with Crippen molar-refractivity contribution in [1.82, 2.24) is 14.5 Å². The summed E-state index contributed by atoms with van der Waals surface area (Å²) in [6.45, 7) is 1.95. The molecule has 0 unspecified atom stereocenters. The lowest BCUT2D eigenvalue weighted by Gasteiger charge is -2.13. The molecule has 0 aliphatic heterocycles. The molecule has 2 heterocycles. The van der Waals surface area contributed by atoms with Gasteiger partial charge in [-0.25, -0.2) is 14.4 Å². The maximum absolute atomic E-state index is 13.3. The van der Waals surface area contributed by atoms with E-state index in [1.165, 1.54) is 23.9 Å². The highest BCUT2D eigenvalue weighted by molar-refractivity contribution is 8.00. The molecule has 4 aromatic rings. The summed E-state index contributed by atoms with van der Waals surface area (Å²) < 4.78 is 15.8. The predicted molar refractivity (Wildman–Crippen MR) is 104 cm³/mol. The number of aromatic nitrogens is 3. The smallest absolute Gasteiger partial charge is 0.265 e. The monoisotopic (exact) mass is 383 g/mol. The van der Waals surface area contributed by atoms with Crippen LogP contribution in [-0.2, 0) is 5.75 Å². The van der Waals surface area contributed by atoms with Crippen LogP contribution in [0.15, 0.2) is 63.0 Å². The molecule has 0 spiro atoms. The van der Waals surface area contributed by atoms with Crippen molar-refractivity contribution in [1.29, 1.82) is 0 Å². The van der Waals surface area contributed by atoms with Crippen LogP contribution in [0.2, 0.25) is 0 Å². The molecule has 2 aromatic carbocycles. The number of benzene rings is 2. The topological polar surface area (TPSA) is 47.8 Å². The first-order valence-electron chi connectivity index (χ1n) is 7.93. The van der Waals surface area contributed by atoms with E-state index in [1.54, 1.807) is 34.1 Å². The molecule has 0 amide bonds. The number of hydrogen-bond acceptors (Lipinski definition) is 5. The fourth-order valence-corrected chi connectivity index (χ4v) is 4.43. The van der Waals surface area contributed by atoms with Gasteiger partial charge in [-0.15, -0.1) is 11.3 Å². The highest BCUT2D eigenvalue weighted by Crippen LogP contribution is 2.26. The summed E-state index contributed by atoms with van der Waals surface area (Å²) in [6.07, 6.45) is 0. The lowest BCUT2D eigenvalue weighted by Crippen LogP contribution is -2.23. The minimum atomic E-state index is -0.343. The zero-order valence-corrected chi connectivity index (χ0v) is 15.5. The molecular weight excluding hydrogens is 369 g/mol. The molecule has 0 radical (unpaired) electrons. The Labute approximate surface area is 157 Å². The quantitative estimate of drug-likeness (QED) is 0.484. The second kappa shape index (κ2) is 7.01. The van der Waals surface area contributed by atoms with Crippen LogP contribution in [-0.4, -0.2) is 14.5 Å². The van der Waals surface area contributed by atoms with Crippen molar-refractivity contribution in [3.05, 3.63) is 81.6 Å². The van der Waals surface area contributed by atoms with Crippen LogP contribution in [0.5, 0.6) is 0 Å². The van der Waals surface area contributed by atoms with Crippen LogP contribution in [0.4, 0.5) is 4.39 Å². The first-order chi connectivity index (χ1) is 12.6. The van der Waals surface area contributed by atoms with Gasteiger partial charge in [0.2, 0.25) is 0 Å². The lowest BCUT2D eigenvalue weighted by atomic mass is 10.2. The van der Waals surface area contributed by atoms with Crippen molar-refractivity contribution in [3.8, 4) is 5.69 Å². The predicted octanol–water partition coefficient (Wildman–Crippen LogP) is 4.58. The highest BCUT2D eigenvalue weighted by Gasteiger charge is 2.14. The van der Waals surface area contributed by atoms with Gasteiger partial charge in [-0.05, 0) is 43.3 Å². The minimum Gasteiger partial charge on any atom is -0.268 e. The fraction of sp³-hybridized carbons (Fsp3) is 0.105. The van der Waals surface area contributed by atoms with E-state index in [9.17, 15) is 9.18 Å². The normalized spacial score (nSPS) is 11.2. The van der Waals surface area contributed by atoms with Gasteiger partial charge in [0.1, 0.15) is 11.6 Å². The molecule has 2 aromatic heterocycles. The Kier molecular flexibility index (Phi) is 4.57. The SMILES string of the molecule is Cc1csc(SCc2nc3ccccc3c(=O)n2-c2ccc(F)cc2)n1. The van der Waals surface area contributed by atoms with E-state index < -0.39 is 0 Å². The standard InChI is InChI=1S/C19H14FN3OS2/c1-12-10-25-19(21-12)26-11-17-22-16-5-3-2-4-15(16)18(24)23(17)14-8-6-13(20)7-9-14/h2-10H,11H2,1H3. The summed E-state index contributed by atoms with van der Waals surface area (Å²) in [7, 11) is 0. The fourth-order valence-electron chi connectivity index (χ4n) is 2.66. The van der Waals surface area contributed by atoms with Crippen LogP contribution in [0.1, 0.15) is 11.5 Å². The first kappa shape index (κ1) is 16.9. The van der Waals surface area contributed by atoms with Crippen molar-refractivity contribution < 1.29 is 4.39 Å². The molecule has 0 N–H and O–H groups in total. The van der Waals surface area contributed by atoms with Gasteiger partial charge >= 0.3 is 0 Å². The Morgan fingerprint density at radius 1 is 1.12 bits per heavy atom. The molecule has 0 aliphatic carbocycles. The van der Waals surface area contributed by atoms with Gasteiger partial charge in [-0.1, -0.05) is 23.9 Å². The van der Waals surface area contributed by atoms with Crippen molar-refractivity contribution in [3.63, 3.8) is 0 Å². The maximum Gasteiger partial charge on any atom is 0.265 e. The molecule has 0 bridgehead atoms. The van der Waals surface area contributed by atoms with Crippen LogP contribution < -0.4 is 5.56 Å².